The van der Waals surface area contributed by atoms with Crippen molar-refractivity contribution in [1.29, 1.82) is 0 Å². The molecule has 0 amide bonds. The van der Waals surface area contributed by atoms with Gasteiger partial charge in [0.15, 0.2) is 11.3 Å². The number of hydrogen-bond acceptors (Lipinski definition) is 6. The lowest BCUT2D eigenvalue weighted by Gasteiger charge is -2.39. The Morgan fingerprint density at radius 2 is 2.04 bits per heavy atom. The second kappa shape index (κ2) is 4.48. The summed E-state index contributed by atoms with van der Waals surface area (Å²) in [5.41, 5.74) is 1.74. The largest absolute Gasteiger partial charge is 0.354 e. The van der Waals surface area contributed by atoms with Crippen LogP contribution in [-0.4, -0.2) is 47.4 Å². The highest BCUT2D eigenvalue weighted by Gasteiger charge is 2.33. The van der Waals surface area contributed by atoms with Gasteiger partial charge in [-0.25, -0.2) is 9.97 Å². The van der Waals surface area contributed by atoms with E-state index in [1.54, 1.807) is 11.0 Å². The van der Waals surface area contributed by atoms with Gasteiger partial charge in [0.2, 0.25) is 0 Å². The Morgan fingerprint density at radius 1 is 1.13 bits per heavy atom. The van der Waals surface area contributed by atoms with Crippen molar-refractivity contribution in [3.8, 4) is 0 Å². The molecular weight excluding hydrogens is 292 g/mol. The highest BCUT2D eigenvalue weighted by molar-refractivity contribution is 5.87. The molecule has 5 heterocycles. The molecule has 0 aliphatic carbocycles. The molecular formula is C15H14N8. The summed E-state index contributed by atoms with van der Waals surface area (Å²) < 4.78 is 3.82. The van der Waals surface area contributed by atoms with Crippen LogP contribution in [-0.2, 0) is 7.05 Å². The number of fused-ring (bicyclic) bond motifs is 2. The van der Waals surface area contributed by atoms with Gasteiger partial charge >= 0.3 is 0 Å². The summed E-state index contributed by atoms with van der Waals surface area (Å²) in [6, 6.07) is 5.94. The van der Waals surface area contributed by atoms with Crippen LogP contribution in [0.15, 0.2) is 36.9 Å². The molecule has 0 saturated carbocycles. The summed E-state index contributed by atoms with van der Waals surface area (Å²) in [5.74, 6) is 2.30. The lowest BCUT2D eigenvalue weighted by Crippen LogP contribution is -2.46. The van der Waals surface area contributed by atoms with Crippen molar-refractivity contribution in [1.82, 2.24) is 34.3 Å². The Morgan fingerprint density at radius 3 is 2.96 bits per heavy atom. The maximum Gasteiger partial charge on any atom is 0.163 e. The Hall–Kier alpha value is -3.03. The van der Waals surface area contributed by atoms with E-state index in [0.29, 0.717) is 5.92 Å². The van der Waals surface area contributed by atoms with Crippen LogP contribution in [0, 0.1) is 0 Å². The van der Waals surface area contributed by atoms with E-state index in [4.69, 9.17) is 0 Å². The first kappa shape index (κ1) is 12.5. The topological polar surface area (TPSA) is 77.0 Å². The Labute approximate surface area is 131 Å². The molecule has 8 heteroatoms. The third-order valence-electron chi connectivity index (χ3n) is 4.39. The van der Waals surface area contributed by atoms with E-state index in [1.165, 1.54) is 0 Å². The molecule has 23 heavy (non-hydrogen) atoms. The Kier molecular flexibility index (Phi) is 2.44. The highest BCUT2D eigenvalue weighted by atomic mass is 15.3. The number of aromatic nitrogens is 7. The van der Waals surface area contributed by atoms with Gasteiger partial charge in [0, 0.05) is 26.3 Å². The van der Waals surface area contributed by atoms with Gasteiger partial charge in [0.1, 0.15) is 18.0 Å². The maximum atomic E-state index is 4.44. The summed E-state index contributed by atoms with van der Waals surface area (Å²) in [7, 11) is 1.89. The molecule has 1 fully saturated rings. The number of hydrogen-bond donors (Lipinski definition) is 0. The molecule has 0 bridgehead atoms. The first-order chi connectivity index (χ1) is 11.3. The number of pyridine rings is 1. The van der Waals surface area contributed by atoms with E-state index in [2.05, 4.69) is 34.6 Å². The van der Waals surface area contributed by atoms with Crippen LogP contribution in [0.4, 0.5) is 5.82 Å². The van der Waals surface area contributed by atoms with Crippen molar-refractivity contribution in [2.75, 3.05) is 18.0 Å². The van der Waals surface area contributed by atoms with E-state index >= 15 is 0 Å². The zero-order valence-electron chi connectivity index (χ0n) is 12.5. The third-order valence-corrected chi connectivity index (χ3v) is 4.39. The van der Waals surface area contributed by atoms with E-state index in [9.17, 15) is 0 Å². The van der Waals surface area contributed by atoms with Crippen molar-refractivity contribution < 1.29 is 0 Å². The average molecular weight is 306 g/mol. The fourth-order valence-electron chi connectivity index (χ4n) is 3.15. The normalized spacial score (nSPS) is 15.4. The van der Waals surface area contributed by atoms with Gasteiger partial charge in [-0.2, -0.15) is 5.10 Å². The standard InChI is InChI=1S/C15H14N8/c1-21-14-11(6-18-21)15(17-9-16-14)22-7-10(8-22)13-20-19-12-4-2-3-5-23(12)13/h2-6,9-10H,7-8H2,1H3. The fraction of sp³-hybridized carbons (Fsp3) is 0.267. The molecule has 4 aromatic rings. The van der Waals surface area contributed by atoms with Gasteiger partial charge in [-0.3, -0.25) is 9.08 Å². The van der Waals surface area contributed by atoms with Crippen molar-refractivity contribution in [3.05, 3.63) is 42.7 Å². The molecule has 1 aliphatic heterocycles. The van der Waals surface area contributed by atoms with Crippen molar-refractivity contribution in [3.63, 3.8) is 0 Å². The van der Waals surface area contributed by atoms with Crippen molar-refractivity contribution >= 4 is 22.5 Å². The second-order valence-electron chi connectivity index (χ2n) is 5.79. The third kappa shape index (κ3) is 1.74. The quantitative estimate of drug-likeness (QED) is 0.550. The molecule has 0 N–H and O–H groups in total. The van der Waals surface area contributed by atoms with Crippen LogP contribution in [0.1, 0.15) is 11.7 Å². The summed E-state index contributed by atoms with van der Waals surface area (Å²) >= 11 is 0. The Balaban J connectivity index is 1.46. The van der Waals surface area contributed by atoms with Crippen molar-refractivity contribution in [2.24, 2.45) is 7.05 Å². The van der Waals surface area contributed by atoms with Crippen LogP contribution >= 0.6 is 0 Å². The van der Waals surface area contributed by atoms with Gasteiger partial charge in [-0.15, -0.1) is 10.2 Å². The van der Waals surface area contributed by atoms with Crippen LogP contribution in [0.5, 0.6) is 0 Å². The van der Waals surface area contributed by atoms with Gasteiger partial charge in [-0.1, -0.05) is 6.07 Å². The molecule has 114 valence electrons. The van der Waals surface area contributed by atoms with Gasteiger partial charge in [0.25, 0.3) is 0 Å². The lowest BCUT2D eigenvalue weighted by atomic mass is 9.99. The van der Waals surface area contributed by atoms with Gasteiger partial charge in [-0.05, 0) is 12.1 Å². The summed E-state index contributed by atoms with van der Waals surface area (Å²) in [4.78, 5) is 11.0. The average Bonchev–Trinajstić information content (AvgIpc) is 3.12. The van der Waals surface area contributed by atoms with E-state index < -0.39 is 0 Å². The molecule has 0 atom stereocenters. The molecule has 0 aromatic carbocycles. The fourth-order valence-corrected chi connectivity index (χ4v) is 3.15. The molecule has 1 aliphatic rings. The molecule has 0 unspecified atom stereocenters. The van der Waals surface area contributed by atoms with Gasteiger partial charge < -0.3 is 4.90 Å². The molecule has 0 spiro atoms. The molecule has 1 saturated heterocycles. The number of nitrogens with zero attached hydrogens (tertiary/aromatic N) is 8. The maximum absolute atomic E-state index is 4.44. The summed E-state index contributed by atoms with van der Waals surface area (Å²) in [6.07, 6.45) is 5.43. The van der Waals surface area contributed by atoms with Crippen LogP contribution in [0.3, 0.4) is 0 Å². The second-order valence-corrected chi connectivity index (χ2v) is 5.79. The monoisotopic (exact) mass is 306 g/mol. The molecule has 8 nitrogen and oxygen atoms in total. The first-order valence-corrected chi connectivity index (χ1v) is 7.48. The van der Waals surface area contributed by atoms with Crippen LogP contribution in [0.25, 0.3) is 16.7 Å². The lowest BCUT2D eigenvalue weighted by molar-refractivity contribution is 0.494. The zero-order chi connectivity index (χ0) is 15.4. The van der Waals surface area contributed by atoms with E-state index in [1.807, 2.05) is 37.6 Å². The summed E-state index contributed by atoms with van der Waals surface area (Å²) in [5, 5.41) is 13.8. The van der Waals surface area contributed by atoms with Gasteiger partial charge in [0.05, 0.1) is 17.5 Å². The smallest absolute Gasteiger partial charge is 0.163 e. The number of anilines is 1. The predicted octanol–water partition coefficient (Wildman–Crippen LogP) is 1.01. The predicted molar refractivity (Wildman–Crippen MR) is 84.2 cm³/mol. The van der Waals surface area contributed by atoms with E-state index in [-0.39, 0.29) is 0 Å². The number of aryl methyl sites for hydroxylation is 1. The molecule has 5 rings (SSSR count). The molecule has 0 radical (unpaired) electrons. The SMILES string of the molecule is Cn1ncc2c(N3CC(c4nnc5ccccn45)C3)ncnc21. The minimum absolute atomic E-state index is 0.356. The van der Waals surface area contributed by atoms with Crippen LogP contribution in [0.2, 0.25) is 0 Å². The minimum atomic E-state index is 0.356. The summed E-state index contributed by atoms with van der Waals surface area (Å²) in [6.45, 7) is 1.74. The first-order valence-electron chi connectivity index (χ1n) is 7.48. The van der Waals surface area contributed by atoms with E-state index in [0.717, 1.165) is 41.4 Å². The van der Waals surface area contributed by atoms with Crippen molar-refractivity contribution in [2.45, 2.75) is 5.92 Å². The van der Waals surface area contributed by atoms with Crippen LogP contribution < -0.4 is 4.90 Å². The minimum Gasteiger partial charge on any atom is -0.354 e. The number of rotatable bonds is 2. The highest BCUT2D eigenvalue weighted by Crippen LogP contribution is 2.32. The Bertz CT molecular complexity index is 1010. The molecule has 4 aromatic heterocycles. The zero-order valence-corrected chi connectivity index (χ0v) is 12.5.